The van der Waals surface area contributed by atoms with Gasteiger partial charge in [0.1, 0.15) is 11.3 Å². The van der Waals surface area contributed by atoms with Crippen LogP contribution in [-0.4, -0.2) is 17.2 Å². The number of hydrazone groups is 1. The highest BCUT2D eigenvalue weighted by Crippen LogP contribution is 2.53. The van der Waals surface area contributed by atoms with Crippen LogP contribution in [0.1, 0.15) is 24.0 Å². The molecule has 162 valence electrons. The molecule has 0 fully saturated rings. The van der Waals surface area contributed by atoms with E-state index in [0.29, 0.717) is 33.7 Å². The third-order valence-electron chi connectivity index (χ3n) is 6.24. The van der Waals surface area contributed by atoms with E-state index in [1.165, 1.54) is 5.01 Å². The molecule has 3 aromatic carbocycles. The number of fused-ring (bicyclic) bond motifs is 3. The number of halogens is 1. The Morgan fingerprint density at radius 2 is 1.73 bits per heavy atom. The molecular weight excluding hydrogens is 484 g/mol. The molecule has 2 aliphatic heterocycles. The molecule has 0 aliphatic carbocycles. The van der Waals surface area contributed by atoms with Crippen molar-refractivity contribution in [1.82, 2.24) is 0 Å². The van der Waals surface area contributed by atoms with E-state index in [1.807, 2.05) is 66.7 Å². The van der Waals surface area contributed by atoms with Gasteiger partial charge < -0.3 is 9.15 Å². The molecule has 0 N–H and O–H groups in total. The number of hydrogen-bond acceptors (Lipinski definition) is 5. The Morgan fingerprint density at radius 3 is 2.52 bits per heavy atom. The first-order valence-electron chi connectivity index (χ1n) is 10.5. The average Bonchev–Trinajstić information content (AvgIpc) is 3.32. The van der Waals surface area contributed by atoms with Crippen molar-refractivity contribution in [2.24, 2.45) is 5.10 Å². The first-order valence-corrected chi connectivity index (χ1v) is 11.3. The number of carbonyl (C=O) groups excluding carboxylic acids is 1. The van der Waals surface area contributed by atoms with Crippen LogP contribution in [0.15, 0.2) is 97.6 Å². The lowest BCUT2D eigenvalue weighted by Crippen LogP contribution is -2.53. The highest BCUT2D eigenvalue weighted by Gasteiger charge is 2.63. The molecule has 1 aromatic heterocycles. The van der Waals surface area contributed by atoms with Crippen LogP contribution < -0.4 is 15.4 Å². The van der Waals surface area contributed by atoms with Crippen LogP contribution in [0.25, 0.3) is 11.0 Å². The van der Waals surface area contributed by atoms with Crippen LogP contribution >= 0.6 is 15.9 Å². The fourth-order valence-electron chi connectivity index (χ4n) is 4.78. The first kappa shape index (κ1) is 19.9. The summed E-state index contributed by atoms with van der Waals surface area (Å²) in [5.74, 6) is -0.712. The molecule has 0 bridgehead atoms. The van der Waals surface area contributed by atoms with E-state index in [9.17, 15) is 9.59 Å². The van der Waals surface area contributed by atoms with Crippen LogP contribution in [0.3, 0.4) is 0 Å². The number of carbonyl (C=O) groups is 1. The van der Waals surface area contributed by atoms with Crippen molar-refractivity contribution in [2.75, 3.05) is 5.01 Å². The summed E-state index contributed by atoms with van der Waals surface area (Å²) in [6, 6.07) is 23.9. The van der Waals surface area contributed by atoms with Crippen molar-refractivity contribution in [3.8, 4) is 5.75 Å². The Hall–Kier alpha value is -3.71. The van der Waals surface area contributed by atoms with Gasteiger partial charge in [-0.1, -0.05) is 58.4 Å². The maximum absolute atomic E-state index is 14.1. The number of rotatable bonds is 2. The third kappa shape index (κ3) is 2.75. The van der Waals surface area contributed by atoms with Gasteiger partial charge in [0, 0.05) is 4.47 Å². The Morgan fingerprint density at radius 1 is 0.970 bits per heavy atom. The number of para-hydroxylation sites is 2. The molecule has 6 nitrogen and oxygen atoms in total. The molecule has 33 heavy (non-hydrogen) atoms. The van der Waals surface area contributed by atoms with Gasteiger partial charge in [-0.15, -0.1) is 0 Å². The molecule has 2 atom stereocenters. The molecule has 2 aliphatic rings. The van der Waals surface area contributed by atoms with Crippen molar-refractivity contribution in [3.05, 3.63) is 105 Å². The first-order chi connectivity index (χ1) is 16.0. The van der Waals surface area contributed by atoms with E-state index in [-0.39, 0.29) is 5.91 Å². The minimum atomic E-state index is -1.50. The van der Waals surface area contributed by atoms with Crippen molar-refractivity contribution < 1.29 is 13.9 Å². The smallest absolute Gasteiger partial charge is 0.344 e. The standard InChI is InChI=1S/C26H17BrN2O4/c1-15-26(25(31)29(28-15)18-10-3-2-4-11-18)22(16-8-7-9-17(27)14-16)21-23(33-26)19-12-5-6-13-20(19)32-24(21)30/h2-14,22H,1H3/t22-,26+/m0/s1. The predicted octanol–water partition coefficient (Wildman–Crippen LogP) is 5.24. The molecule has 3 heterocycles. The summed E-state index contributed by atoms with van der Waals surface area (Å²) in [5.41, 5.74) is 0.561. The monoisotopic (exact) mass is 500 g/mol. The molecular formula is C26H17BrN2O4. The number of amides is 1. The molecule has 0 radical (unpaired) electrons. The van der Waals surface area contributed by atoms with Gasteiger partial charge in [0.25, 0.3) is 5.91 Å². The number of anilines is 1. The second-order valence-corrected chi connectivity index (χ2v) is 9.01. The molecule has 7 heteroatoms. The Kier molecular flexibility index (Phi) is 4.32. The van der Waals surface area contributed by atoms with Crippen LogP contribution in [0.2, 0.25) is 0 Å². The zero-order valence-corrected chi connectivity index (χ0v) is 19.1. The van der Waals surface area contributed by atoms with Crippen molar-refractivity contribution in [1.29, 1.82) is 0 Å². The summed E-state index contributed by atoms with van der Waals surface area (Å²) >= 11 is 3.52. The topological polar surface area (TPSA) is 72.1 Å². The lowest BCUT2D eigenvalue weighted by molar-refractivity contribution is -0.127. The van der Waals surface area contributed by atoms with E-state index in [1.54, 1.807) is 19.1 Å². The summed E-state index contributed by atoms with van der Waals surface area (Å²) in [5, 5.41) is 6.60. The fraction of sp³-hybridized carbons (Fsp3) is 0.115. The summed E-state index contributed by atoms with van der Waals surface area (Å²) in [6.45, 7) is 1.77. The number of ether oxygens (including phenoxy) is 1. The van der Waals surface area contributed by atoms with Gasteiger partial charge in [-0.05, 0) is 48.9 Å². The van der Waals surface area contributed by atoms with Gasteiger partial charge in [-0.25, -0.2) is 4.79 Å². The summed E-state index contributed by atoms with van der Waals surface area (Å²) < 4.78 is 13.0. The fourth-order valence-corrected chi connectivity index (χ4v) is 5.20. The van der Waals surface area contributed by atoms with Gasteiger partial charge >= 0.3 is 5.63 Å². The van der Waals surface area contributed by atoms with E-state index in [0.717, 1.165) is 10.0 Å². The summed E-state index contributed by atoms with van der Waals surface area (Å²) in [6.07, 6.45) is 0. The average molecular weight is 501 g/mol. The largest absolute Gasteiger partial charge is 0.469 e. The summed E-state index contributed by atoms with van der Waals surface area (Å²) in [4.78, 5) is 27.3. The minimum Gasteiger partial charge on any atom is -0.469 e. The highest BCUT2D eigenvalue weighted by molar-refractivity contribution is 9.10. The summed E-state index contributed by atoms with van der Waals surface area (Å²) in [7, 11) is 0. The van der Waals surface area contributed by atoms with Gasteiger partial charge in [0.05, 0.1) is 28.3 Å². The van der Waals surface area contributed by atoms with Gasteiger partial charge in [-0.2, -0.15) is 10.1 Å². The number of nitrogens with zero attached hydrogens (tertiary/aromatic N) is 2. The van der Waals surface area contributed by atoms with Crippen LogP contribution in [0, 0.1) is 0 Å². The van der Waals surface area contributed by atoms with Crippen LogP contribution in [0.4, 0.5) is 5.69 Å². The lowest BCUT2D eigenvalue weighted by atomic mass is 9.77. The van der Waals surface area contributed by atoms with Crippen LogP contribution in [0.5, 0.6) is 5.75 Å². The predicted molar refractivity (Wildman–Crippen MR) is 129 cm³/mol. The van der Waals surface area contributed by atoms with Gasteiger partial charge in [0.2, 0.25) is 5.60 Å². The zero-order valence-electron chi connectivity index (χ0n) is 17.5. The Labute approximate surface area is 197 Å². The normalized spacial score (nSPS) is 21.4. The molecule has 0 saturated carbocycles. The molecule has 1 amide bonds. The Balaban J connectivity index is 1.64. The molecule has 6 rings (SSSR count). The molecule has 1 spiro atoms. The quantitative estimate of drug-likeness (QED) is 0.352. The van der Waals surface area contributed by atoms with E-state index >= 15 is 0 Å². The van der Waals surface area contributed by atoms with Crippen molar-refractivity contribution in [2.45, 2.75) is 18.4 Å². The van der Waals surface area contributed by atoms with Crippen molar-refractivity contribution in [3.63, 3.8) is 0 Å². The maximum Gasteiger partial charge on any atom is 0.344 e. The molecule has 4 aromatic rings. The number of benzene rings is 3. The van der Waals surface area contributed by atoms with Crippen LogP contribution in [-0.2, 0) is 4.79 Å². The van der Waals surface area contributed by atoms with Gasteiger partial charge in [0.15, 0.2) is 0 Å². The zero-order chi connectivity index (χ0) is 22.7. The highest BCUT2D eigenvalue weighted by atomic mass is 79.9. The number of hydrogen-bond donors (Lipinski definition) is 0. The van der Waals surface area contributed by atoms with E-state index in [2.05, 4.69) is 21.0 Å². The SMILES string of the molecule is CC1=NN(c2ccccc2)C(=O)[C@@]12Oc1c(c(=O)oc3ccccc13)[C@@H]2c1cccc(Br)c1. The van der Waals surface area contributed by atoms with Gasteiger partial charge in [-0.3, -0.25) is 4.79 Å². The van der Waals surface area contributed by atoms with Crippen molar-refractivity contribution >= 4 is 44.2 Å². The maximum atomic E-state index is 14.1. The lowest BCUT2D eigenvalue weighted by Gasteiger charge is -2.29. The third-order valence-corrected chi connectivity index (χ3v) is 6.73. The van der Waals surface area contributed by atoms with E-state index in [4.69, 9.17) is 9.15 Å². The second-order valence-electron chi connectivity index (χ2n) is 8.09. The Bertz CT molecular complexity index is 1530. The second kappa shape index (κ2) is 7.15. The molecule has 0 saturated heterocycles. The molecule has 0 unspecified atom stereocenters. The van der Waals surface area contributed by atoms with E-state index < -0.39 is 17.1 Å². The minimum absolute atomic E-state index is 0.324.